The zero-order chi connectivity index (χ0) is 16.4. The molecule has 1 saturated heterocycles. The van der Waals surface area contributed by atoms with E-state index in [4.69, 9.17) is 9.15 Å². The van der Waals surface area contributed by atoms with Crippen LogP contribution >= 0.6 is 0 Å². The zero-order valence-corrected chi connectivity index (χ0v) is 13.8. The number of rotatable bonds is 4. The maximum atomic E-state index is 12.9. The number of piperidine rings is 1. The number of aromatic amines is 1. The van der Waals surface area contributed by atoms with E-state index < -0.39 is 0 Å². The Morgan fingerprint density at radius 1 is 1.48 bits per heavy atom. The van der Waals surface area contributed by atoms with Crippen molar-refractivity contribution in [2.24, 2.45) is 0 Å². The molecule has 3 heterocycles. The van der Waals surface area contributed by atoms with E-state index in [1.165, 1.54) is 0 Å². The van der Waals surface area contributed by atoms with Crippen LogP contribution in [0.15, 0.2) is 10.5 Å². The van der Waals surface area contributed by atoms with Crippen LogP contribution in [-0.4, -0.2) is 39.6 Å². The summed E-state index contributed by atoms with van der Waals surface area (Å²) >= 11 is 0. The molecule has 23 heavy (non-hydrogen) atoms. The van der Waals surface area contributed by atoms with Crippen LogP contribution < -0.4 is 0 Å². The summed E-state index contributed by atoms with van der Waals surface area (Å²) < 4.78 is 10.7. The number of furan rings is 1. The van der Waals surface area contributed by atoms with E-state index in [0.717, 1.165) is 30.6 Å². The molecule has 0 spiro atoms. The van der Waals surface area contributed by atoms with E-state index in [1.807, 2.05) is 24.8 Å². The molecule has 3 rings (SSSR count). The lowest BCUT2D eigenvalue weighted by atomic mass is 10.0. The van der Waals surface area contributed by atoms with Crippen molar-refractivity contribution in [3.63, 3.8) is 0 Å². The third kappa shape index (κ3) is 3.14. The van der Waals surface area contributed by atoms with Gasteiger partial charge in [-0.3, -0.25) is 9.89 Å². The number of carbonyl (C=O) groups is 1. The van der Waals surface area contributed by atoms with Crippen molar-refractivity contribution in [3.8, 4) is 0 Å². The molecule has 1 N–H and O–H groups in total. The van der Waals surface area contributed by atoms with Gasteiger partial charge in [0.25, 0.3) is 5.91 Å². The molecule has 1 aliphatic rings. The fourth-order valence-corrected chi connectivity index (χ4v) is 3.09. The van der Waals surface area contributed by atoms with Crippen LogP contribution in [0, 0.1) is 13.8 Å². The second-order valence-electron chi connectivity index (χ2n) is 5.95. The first-order chi connectivity index (χ1) is 11.1. The highest BCUT2D eigenvalue weighted by atomic mass is 16.5. The molecule has 1 fully saturated rings. The van der Waals surface area contributed by atoms with Crippen LogP contribution in [0.25, 0.3) is 0 Å². The topological polar surface area (TPSA) is 84.2 Å². The molecule has 1 atom stereocenters. The van der Waals surface area contributed by atoms with Gasteiger partial charge in [0.2, 0.25) is 0 Å². The predicted octanol–water partition coefficient (Wildman–Crippen LogP) is 2.53. The molecular weight excluding hydrogens is 296 g/mol. The zero-order valence-electron chi connectivity index (χ0n) is 13.8. The lowest BCUT2D eigenvalue weighted by Crippen LogP contribution is -2.39. The smallest absolute Gasteiger partial charge is 0.290 e. The number of aromatic nitrogens is 3. The largest absolute Gasteiger partial charge is 0.456 e. The van der Waals surface area contributed by atoms with Crippen molar-refractivity contribution in [3.05, 3.63) is 34.8 Å². The summed E-state index contributed by atoms with van der Waals surface area (Å²) in [5, 5.41) is 7.14. The Morgan fingerprint density at radius 2 is 2.30 bits per heavy atom. The number of H-pyrrole nitrogens is 1. The Balaban J connectivity index is 1.86. The highest BCUT2D eigenvalue weighted by Crippen LogP contribution is 2.31. The van der Waals surface area contributed by atoms with Crippen LogP contribution in [0.1, 0.15) is 58.8 Å². The Morgan fingerprint density at radius 3 is 3.00 bits per heavy atom. The third-order valence-electron chi connectivity index (χ3n) is 4.13. The molecule has 0 aromatic carbocycles. The van der Waals surface area contributed by atoms with Crippen molar-refractivity contribution >= 4 is 5.91 Å². The van der Waals surface area contributed by atoms with Gasteiger partial charge in [-0.2, -0.15) is 5.10 Å². The van der Waals surface area contributed by atoms with Crippen LogP contribution in [-0.2, 0) is 11.3 Å². The van der Waals surface area contributed by atoms with Gasteiger partial charge in [-0.05, 0) is 39.2 Å². The van der Waals surface area contributed by atoms with E-state index in [2.05, 4.69) is 15.2 Å². The molecule has 7 heteroatoms. The summed E-state index contributed by atoms with van der Waals surface area (Å²) in [6.45, 7) is 4.82. The quantitative estimate of drug-likeness (QED) is 0.936. The summed E-state index contributed by atoms with van der Waals surface area (Å²) in [5.41, 5.74) is 0.867. The Hall–Kier alpha value is -2.15. The number of aryl methyl sites for hydroxylation is 2. The number of hydrogen-bond donors (Lipinski definition) is 1. The van der Waals surface area contributed by atoms with Gasteiger partial charge in [0.15, 0.2) is 17.4 Å². The highest BCUT2D eigenvalue weighted by molar-refractivity contribution is 5.93. The van der Waals surface area contributed by atoms with Gasteiger partial charge >= 0.3 is 0 Å². The van der Waals surface area contributed by atoms with Gasteiger partial charge in [0.05, 0.1) is 6.04 Å². The molecule has 124 valence electrons. The lowest BCUT2D eigenvalue weighted by Gasteiger charge is -2.33. The molecule has 2 aromatic rings. The van der Waals surface area contributed by atoms with Gasteiger partial charge in [-0.15, -0.1) is 0 Å². The summed E-state index contributed by atoms with van der Waals surface area (Å²) in [6, 6.07) is 1.76. The van der Waals surface area contributed by atoms with Crippen LogP contribution in [0.2, 0.25) is 0 Å². The summed E-state index contributed by atoms with van der Waals surface area (Å²) in [7, 11) is 1.61. The molecule has 0 radical (unpaired) electrons. The average molecular weight is 318 g/mol. The average Bonchev–Trinajstić information content (AvgIpc) is 3.13. The van der Waals surface area contributed by atoms with E-state index in [-0.39, 0.29) is 11.9 Å². The Labute approximate surface area is 135 Å². The molecule has 1 amide bonds. The summed E-state index contributed by atoms with van der Waals surface area (Å²) in [6.07, 6.45) is 2.89. The number of nitrogens with zero attached hydrogens (tertiary/aromatic N) is 3. The monoisotopic (exact) mass is 318 g/mol. The summed E-state index contributed by atoms with van der Waals surface area (Å²) in [4.78, 5) is 19.2. The second kappa shape index (κ2) is 6.54. The fraction of sp³-hybridized carbons (Fsp3) is 0.562. The van der Waals surface area contributed by atoms with Crippen LogP contribution in [0.3, 0.4) is 0 Å². The number of nitrogens with one attached hydrogen (secondary N) is 1. The number of ether oxygens (including phenoxy) is 1. The predicted molar refractivity (Wildman–Crippen MR) is 82.9 cm³/mol. The molecule has 0 saturated carbocycles. The molecular formula is C16H22N4O3. The molecule has 0 bridgehead atoms. The molecule has 0 unspecified atom stereocenters. The number of carbonyl (C=O) groups excluding carboxylic acids is 1. The first-order valence-corrected chi connectivity index (χ1v) is 7.88. The molecule has 1 aliphatic heterocycles. The highest BCUT2D eigenvalue weighted by Gasteiger charge is 2.33. The van der Waals surface area contributed by atoms with Crippen LogP contribution in [0.5, 0.6) is 0 Å². The first-order valence-electron chi connectivity index (χ1n) is 7.88. The van der Waals surface area contributed by atoms with Crippen molar-refractivity contribution in [2.75, 3.05) is 13.7 Å². The van der Waals surface area contributed by atoms with Crippen LogP contribution in [0.4, 0.5) is 0 Å². The second-order valence-corrected chi connectivity index (χ2v) is 5.95. The van der Waals surface area contributed by atoms with Crippen molar-refractivity contribution < 1.29 is 13.9 Å². The lowest BCUT2D eigenvalue weighted by molar-refractivity contribution is 0.0565. The first kappa shape index (κ1) is 15.7. The number of hydrogen-bond acceptors (Lipinski definition) is 5. The van der Waals surface area contributed by atoms with Gasteiger partial charge in [0, 0.05) is 19.2 Å². The Kier molecular flexibility index (Phi) is 4.47. The maximum absolute atomic E-state index is 12.9. The van der Waals surface area contributed by atoms with E-state index in [1.54, 1.807) is 7.11 Å². The SMILES string of the molecule is COCc1nc([C@H]2CCCCN2C(=O)c2oc(C)cc2C)n[nH]1. The van der Waals surface area contributed by atoms with Gasteiger partial charge in [0.1, 0.15) is 12.4 Å². The third-order valence-corrected chi connectivity index (χ3v) is 4.13. The maximum Gasteiger partial charge on any atom is 0.290 e. The number of likely N-dealkylation sites (tertiary alicyclic amines) is 1. The number of methoxy groups -OCH3 is 1. The van der Waals surface area contributed by atoms with Crippen molar-refractivity contribution in [1.82, 2.24) is 20.1 Å². The summed E-state index contributed by atoms with van der Waals surface area (Å²) in [5.74, 6) is 2.40. The van der Waals surface area contributed by atoms with Gasteiger partial charge in [-0.25, -0.2) is 4.98 Å². The van der Waals surface area contributed by atoms with Crippen molar-refractivity contribution in [1.29, 1.82) is 0 Å². The fourth-order valence-electron chi connectivity index (χ4n) is 3.09. The van der Waals surface area contributed by atoms with E-state index in [9.17, 15) is 4.79 Å². The standard InChI is InChI=1S/C16H22N4O3/c1-10-8-11(2)23-14(10)16(21)20-7-5-4-6-12(20)15-17-13(9-22-3)18-19-15/h8,12H,4-7,9H2,1-3H3,(H,17,18,19)/t12-/m1/s1. The van der Waals surface area contributed by atoms with Crippen molar-refractivity contribution in [2.45, 2.75) is 45.8 Å². The van der Waals surface area contributed by atoms with E-state index in [0.29, 0.717) is 30.6 Å². The minimum Gasteiger partial charge on any atom is -0.456 e. The van der Waals surface area contributed by atoms with E-state index >= 15 is 0 Å². The Bertz CT molecular complexity index is 691. The molecule has 7 nitrogen and oxygen atoms in total. The normalized spacial score (nSPS) is 18.4. The minimum absolute atomic E-state index is 0.0848. The minimum atomic E-state index is -0.122. The molecule has 2 aromatic heterocycles. The number of amides is 1. The molecule has 0 aliphatic carbocycles. The van der Waals surface area contributed by atoms with Gasteiger partial charge < -0.3 is 14.1 Å². The van der Waals surface area contributed by atoms with Gasteiger partial charge in [-0.1, -0.05) is 0 Å².